The van der Waals surface area contributed by atoms with Crippen molar-refractivity contribution in [3.8, 4) is 0 Å². The summed E-state index contributed by atoms with van der Waals surface area (Å²) in [5, 5.41) is 3.43. The van der Waals surface area contributed by atoms with Crippen LogP contribution in [0, 0.1) is 17.8 Å². The Bertz CT molecular complexity index is 354. The first-order chi connectivity index (χ1) is 8.99. The monoisotopic (exact) mass is 262 g/mol. The minimum atomic E-state index is 0.345. The number of hydrogen-bond acceptors (Lipinski definition) is 2. The molecule has 3 N–H and O–H groups in total. The Morgan fingerprint density at radius 1 is 1.05 bits per heavy atom. The van der Waals surface area contributed by atoms with Gasteiger partial charge in [0.25, 0.3) is 0 Å². The lowest BCUT2D eigenvalue weighted by Crippen LogP contribution is -2.33. The zero-order chi connectivity index (χ0) is 14.4. The standard InChI is InChI=1S/C17H30N2/c1-12(2)10-14-6-8-15(9-7-14)17(19-5)16(11-18)13(3)4/h6-9,12-13,16-17,19H,10-11,18H2,1-5H3. The van der Waals surface area contributed by atoms with Crippen LogP contribution in [0.25, 0.3) is 0 Å². The first kappa shape index (κ1) is 16.2. The summed E-state index contributed by atoms with van der Waals surface area (Å²) in [7, 11) is 2.03. The summed E-state index contributed by atoms with van der Waals surface area (Å²) in [4.78, 5) is 0. The van der Waals surface area contributed by atoms with E-state index in [-0.39, 0.29) is 0 Å². The van der Waals surface area contributed by atoms with Crippen molar-refractivity contribution in [3.05, 3.63) is 35.4 Å². The molecule has 0 radical (unpaired) electrons. The molecule has 1 aromatic rings. The molecule has 0 fully saturated rings. The van der Waals surface area contributed by atoms with Gasteiger partial charge in [-0.1, -0.05) is 52.0 Å². The fourth-order valence-corrected chi connectivity index (χ4v) is 2.75. The number of hydrogen-bond donors (Lipinski definition) is 2. The van der Waals surface area contributed by atoms with Gasteiger partial charge in [-0.15, -0.1) is 0 Å². The molecular formula is C17H30N2. The molecule has 0 heterocycles. The van der Waals surface area contributed by atoms with E-state index in [4.69, 9.17) is 5.73 Å². The molecule has 1 aromatic carbocycles. The van der Waals surface area contributed by atoms with Gasteiger partial charge in [0.2, 0.25) is 0 Å². The highest BCUT2D eigenvalue weighted by atomic mass is 14.9. The van der Waals surface area contributed by atoms with Crippen molar-refractivity contribution >= 4 is 0 Å². The van der Waals surface area contributed by atoms with Crippen LogP contribution in [0.1, 0.15) is 44.9 Å². The van der Waals surface area contributed by atoms with Crippen LogP contribution in [-0.2, 0) is 6.42 Å². The summed E-state index contributed by atoms with van der Waals surface area (Å²) in [5.41, 5.74) is 8.71. The van der Waals surface area contributed by atoms with Gasteiger partial charge in [0.15, 0.2) is 0 Å². The van der Waals surface area contributed by atoms with Gasteiger partial charge in [0.05, 0.1) is 0 Å². The zero-order valence-corrected chi connectivity index (χ0v) is 13.1. The zero-order valence-electron chi connectivity index (χ0n) is 13.1. The number of nitrogens with two attached hydrogens (primary N) is 1. The molecule has 0 amide bonds. The number of nitrogens with one attached hydrogen (secondary N) is 1. The SMILES string of the molecule is CNC(c1ccc(CC(C)C)cc1)C(CN)C(C)C. The molecule has 2 heteroatoms. The van der Waals surface area contributed by atoms with Crippen LogP contribution in [0.2, 0.25) is 0 Å². The van der Waals surface area contributed by atoms with Gasteiger partial charge in [-0.3, -0.25) is 0 Å². The highest BCUT2D eigenvalue weighted by Crippen LogP contribution is 2.27. The summed E-state index contributed by atoms with van der Waals surface area (Å²) in [6.07, 6.45) is 1.15. The topological polar surface area (TPSA) is 38.0 Å². The average molecular weight is 262 g/mol. The molecule has 0 aliphatic heterocycles. The van der Waals surface area contributed by atoms with Crippen LogP contribution in [0.3, 0.4) is 0 Å². The molecule has 0 aliphatic carbocycles. The fraction of sp³-hybridized carbons (Fsp3) is 0.647. The average Bonchev–Trinajstić information content (AvgIpc) is 2.35. The van der Waals surface area contributed by atoms with Crippen molar-refractivity contribution in [2.75, 3.05) is 13.6 Å². The molecule has 0 aromatic heterocycles. The summed E-state index contributed by atoms with van der Waals surface area (Å²) in [5.74, 6) is 1.76. The van der Waals surface area contributed by atoms with Crippen LogP contribution < -0.4 is 11.1 Å². The molecule has 2 nitrogen and oxygen atoms in total. The Morgan fingerprint density at radius 3 is 2.00 bits per heavy atom. The van der Waals surface area contributed by atoms with E-state index in [0.29, 0.717) is 23.8 Å². The normalized spacial score (nSPS) is 14.9. The van der Waals surface area contributed by atoms with Crippen molar-refractivity contribution in [3.63, 3.8) is 0 Å². The van der Waals surface area contributed by atoms with Crippen molar-refractivity contribution in [1.82, 2.24) is 5.32 Å². The Labute approximate surface area is 118 Å². The predicted octanol–water partition coefficient (Wildman–Crippen LogP) is 3.38. The minimum absolute atomic E-state index is 0.345. The Kier molecular flexibility index (Phi) is 6.53. The number of benzene rings is 1. The molecule has 1 rings (SSSR count). The molecule has 0 aliphatic rings. The second-order valence-electron chi connectivity index (χ2n) is 6.25. The van der Waals surface area contributed by atoms with Crippen LogP contribution in [0.15, 0.2) is 24.3 Å². The summed E-state index contributed by atoms with van der Waals surface area (Å²) in [6, 6.07) is 9.37. The highest BCUT2D eigenvalue weighted by molar-refractivity contribution is 5.26. The second-order valence-corrected chi connectivity index (χ2v) is 6.25. The first-order valence-electron chi connectivity index (χ1n) is 7.45. The highest BCUT2D eigenvalue weighted by Gasteiger charge is 2.23. The van der Waals surface area contributed by atoms with Gasteiger partial charge >= 0.3 is 0 Å². The minimum Gasteiger partial charge on any atom is -0.330 e. The lowest BCUT2D eigenvalue weighted by molar-refractivity contribution is 0.299. The molecule has 108 valence electrons. The van der Waals surface area contributed by atoms with E-state index in [9.17, 15) is 0 Å². The van der Waals surface area contributed by atoms with Crippen LogP contribution in [0.4, 0.5) is 0 Å². The Balaban J connectivity index is 2.87. The predicted molar refractivity (Wildman–Crippen MR) is 84.2 cm³/mol. The van der Waals surface area contributed by atoms with Gasteiger partial charge < -0.3 is 11.1 Å². The third kappa shape index (κ3) is 4.63. The molecule has 0 spiro atoms. The smallest absolute Gasteiger partial charge is 0.0360 e. The maximum absolute atomic E-state index is 5.94. The van der Waals surface area contributed by atoms with Gasteiger partial charge in [0, 0.05) is 6.04 Å². The molecule has 19 heavy (non-hydrogen) atoms. The number of rotatable bonds is 7. The van der Waals surface area contributed by atoms with Gasteiger partial charge in [-0.05, 0) is 48.9 Å². The van der Waals surface area contributed by atoms with E-state index >= 15 is 0 Å². The van der Waals surface area contributed by atoms with Gasteiger partial charge in [-0.2, -0.15) is 0 Å². The first-order valence-corrected chi connectivity index (χ1v) is 7.45. The van der Waals surface area contributed by atoms with Gasteiger partial charge in [-0.25, -0.2) is 0 Å². The molecule has 0 bridgehead atoms. The van der Waals surface area contributed by atoms with Crippen molar-refractivity contribution in [2.24, 2.45) is 23.5 Å². The second kappa shape index (κ2) is 7.66. The third-order valence-electron chi connectivity index (χ3n) is 3.85. The van der Waals surface area contributed by atoms with E-state index in [2.05, 4.69) is 57.3 Å². The molecule has 0 saturated carbocycles. The Hall–Kier alpha value is -0.860. The molecule has 2 atom stereocenters. The largest absolute Gasteiger partial charge is 0.330 e. The summed E-state index contributed by atoms with van der Waals surface area (Å²) in [6.45, 7) is 9.72. The maximum atomic E-state index is 5.94. The van der Waals surface area contributed by atoms with E-state index in [1.165, 1.54) is 11.1 Å². The van der Waals surface area contributed by atoms with Crippen molar-refractivity contribution < 1.29 is 0 Å². The molecular weight excluding hydrogens is 232 g/mol. The lowest BCUT2D eigenvalue weighted by Gasteiger charge is -2.29. The lowest BCUT2D eigenvalue weighted by atomic mass is 9.84. The quantitative estimate of drug-likeness (QED) is 0.790. The van der Waals surface area contributed by atoms with Crippen molar-refractivity contribution in [2.45, 2.75) is 40.2 Å². The third-order valence-corrected chi connectivity index (χ3v) is 3.85. The van der Waals surface area contributed by atoms with E-state index in [1.54, 1.807) is 0 Å². The molecule has 0 saturated heterocycles. The fourth-order valence-electron chi connectivity index (χ4n) is 2.75. The van der Waals surface area contributed by atoms with Gasteiger partial charge in [0.1, 0.15) is 0 Å². The van der Waals surface area contributed by atoms with E-state index in [0.717, 1.165) is 13.0 Å². The van der Waals surface area contributed by atoms with Crippen LogP contribution >= 0.6 is 0 Å². The Morgan fingerprint density at radius 2 is 1.63 bits per heavy atom. The van der Waals surface area contributed by atoms with Crippen molar-refractivity contribution in [1.29, 1.82) is 0 Å². The summed E-state index contributed by atoms with van der Waals surface area (Å²) >= 11 is 0. The van der Waals surface area contributed by atoms with E-state index in [1.807, 2.05) is 7.05 Å². The van der Waals surface area contributed by atoms with Crippen LogP contribution in [0.5, 0.6) is 0 Å². The van der Waals surface area contributed by atoms with E-state index < -0.39 is 0 Å². The molecule has 2 unspecified atom stereocenters. The summed E-state index contributed by atoms with van der Waals surface area (Å²) < 4.78 is 0. The van der Waals surface area contributed by atoms with Crippen LogP contribution in [-0.4, -0.2) is 13.6 Å². The maximum Gasteiger partial charge on any atom is 0.0360 e.